The second kappa shape index (κ2) is 20.0. The minimum Gasteiger partial charge on any atom is -0.330 e. The van der Waals surface area contributed by atoms with Crippen molar-refractivity contribution in [3.63, 3.8) is 0 Å². The maximum atomic E-state index is 6.50. The van der Waals surface area contributed by atoms with Gasteiger partial charge in [0.15, 0.2) is 0 Å². The lowest BCUT2D eigenvalue weighted by Crippen LogP contribution is -2.40. The average molecular weight is 281 g/mol. The highest BCUT2D eigenvalue weighted by molar-refractivity contribution is 4.53. The van der Waals surface area contributed by atoms with Crippen LogP contribution in [0.1, 0.15) is 32.6 Å². The van der Waals surface area contributed by atoms with Crippen LogP contribution in [0.25, 0.3) is 0 Å². The van der Waals surface area contributed by atoms with E-state index >= 15 is 0 Å². The number of nitrogens with one attached hydrogen (secondary N) is 2. The number of nitrogens with zero attached hydrogens (tertiary/aromatic N) is 1. The predicted octanol–water partition coefficient (Wildman–Crippen LogP) is -0.251. The molecule has 0 atom stereocenters. The molecular formula is C11H31N5O3. The van der Waals surface area contributed by atoms with Crippen molar-refractivity contribution in [2.75, 3.05) is 39.8 Å². The van der Waals surface area contributed by atoms with E-state index in [2.05, 4.69) is 28.6 Å². The fourth-order valence-corrected chi connectivity index (χ4v) is 1.39. The summed E-state index contributed by atoms with van der Waals surface area (Å²) in [4.78, 5) is 9.26. The number of rotatable bonds is 13. The van der Waals surface area contributed by atoms with Gasteiger partial charge in [-0.15, -0.1) is 10.6 Å². The zero-order valence-corrected chi connectivity index (χ0v) is 12.2. The van der Waals surface area contributed by atoms with E-state index in [9.17, 15) is 0 Å². The Bertz CT molecular complexity index is 146. The zero-order chi connectivity index (χ0) is 14.8. The molecule has 0 aromatic heterocycles. The maximum absolute atomic E-state index is 6.50. The van der Waals surface area contributed by atoms with Gasteiger partial charge in [-0.25, -0.2) is 15.8 Å². The van der Waals surface area contributed by atoms with Crippen LogP contribution in [-0.4, -0.2) is 50.0 Å². The van der Waals surface area contributed by atoms with Crippen LogP contribution >= 0.6 is 0 Å². The fourth-order valence-electron chi connectivity index (χ4n) is 1.39. The first-order valence-electron chi connectivity index (χ1n) is 6.72. The molecule has 0 saturated carbocycles. The van der Waals surface area contributed by atoms with Crippen molar-refractivity contribution in [2.24, 2.45) is 11.6 Å². The first kappa shape index (κ1) is 21.0. The third-order valence-corrected chi connectivity index (χ3v) is 2.37. The SMILES string of the molecule is CCCCN(CCCNCCCN)NOOC.NO. The van der Waals surface area contributed by atoms with Gasteiger partial charge in [-0.3, -0.25) is 0 Å². The largest absolute Gasteiger partial charge is 0.330 e. The van der Waals surface area contributed by atoms with Gasteiger partial charge in [-0.2, -0.15) is 0 Å². The first-order valence-corrected chi connectivity index (χ1v) is 6.72. The molecule has 7 N–H and O–H groups in total. The molecule has 0 bridgehead atoms. The molecule has 0 aliphatic carbocycles. The molecule has 0 fully saturated rings. The number of hydrogen-bond acceptors (Lipinski definition) is 8. The number of hydrazine groups is 1. The van der Waals surface area contributed by atoms with Crippen molar-refractivity contribution < 1.29 is 15.1 Å². The van der Waals surface area contributed by atoms with Gasteiger partial charge in [0.25, 0.3) is 0 Å². The Morgan fingerprint density at radius 2 is 1.74 bits per heavy atom. The molecule has 118 valence electrons. The summed E-state index contributed by atoms with van der Waals surface area (Å²) in [6, 6.07) is 0. The number of hydrogen-bond donors (Lipinski definition) is 5. The van der Waals surface area contributed by atoms with E-state index in [0.717, 1.165) is 52.0 Å². The molecule has 19 heavy (non-hydrogen) atoms. The molecule has 0 aliphatic rings. The van der Waals surface area contributed by atoms with Crippen LogP contribution in [0, 0.1) is 0 Å². The second-order valence-electron chi connectivity index (χ2n) is 3.93. The van der Waals surface area contributed by atoms with E-state index in [4.69, 9.17) is 15.9 Å². The summed E-state index contributed by atoms with van der Waals surface area (Å²) >= 11 is 0. The Labute approximate surface area is 116 Å². The Morgan fingerprint density at radius 3 is 2.32 bits per heavy atom. The van der Waals surface area contributed by atoms with Crippen molar-refractivity contribution in [3.8, 4) is 0 Å². The van der Waals surface area contributed by atoms with Crippen molar-refractivity contribution in [2.45, 2.75) is 32.6 Å². The molecule has 0 amide bonds. The lowest BCUT2D eigenvalue weighted by atomic mass is 10.3. The summed E-state index contributed by atoms with van der Waals surface area (Å²) in [7, 11) is 1.49. The summed E-state index contributed by atoms with van der Waals surface area (Å²) < 4.78 is 0. The standard InChI is InChI=1S/C11H28N4O2.H3NO/c1-3-4-10-15(14-17-16-2)11-6-9-13-8-5-7-12;1-2/h13-14H,3-12H2,1-2H3;2H,1H2. The molecule has 8 heteroatoms. The fraction of sp³-hybridized carbons (Fsp3) is 1.00. The molecule has 0 rings (SSSR count). The Morgan fingerprint density at radius 1 is 1.11 bits per heavy atom. The van der Waals surface area contributed by atoms with Crippen LogP contribution in [0.4, 0.5) is 0 Å². The van der Waals surface area contributed by atoms with Crippen LogP contribution < -0.4 is 22.5 Å². The highest BCUT2D eigenvalue weighted by Gasteiger charge is 2.03. The van der Waals surface area contributed by atoms with Crippen molar-refractivity contribution in [1.82, 2.24) is 15.9 Å². The highest BCUT2D eigenvalue weighted by atomic mass is 17.3. The molecular weight excluding hydrogens is 250 g/mol. The summed E-state index contributed by atoms with van der Waals surface area (Å²) in [6.45, 7) is 6.80. The second-order valence-corrected chi connectivity index (χ2v) is 3.93. The van der Waals surface area contributed by atoms with Gasteiger partial charge in [-0.05, 0) is 38.9 Å². The van der Waals surface area contributed by atoms with Crippen molar-refractivity contribution in [3.05, 3.63) is 0 Å². The highest BCUT2D eigenvalue weighted by Crippen LogP contribution is 1.93. The van der Waals surface area contributed by atoms with Gasteiger partial charge in [0, 0.05) is 13.1 Å². The van der Waals surface area contributed by atoms with E-state index < -0.39 is 0 Å². The summed E-state index contributed by atoms with van der Waals surface area (Å²) in [5, 5.41) is 11.9. The van der Waals surface area contributed by atoms with Gasteiger partial charge in [0.05, 0.1) is 7.11 Å². The normalized spacial score (nSPS) is 10.4. The third kappa shape index (κ3) is 17.7. The van der Waals surface area contributed by atoms with E-state index in [1.807, 2.05) is 5.01 Å². The summed E-state index contributed by atoms with van der Waals surface area (Å²) in [5.74, 6) is 3.50. The molecule has 0 aromatic rings. The van der Waals surface area contributed by atoms with Gasteiger partial charge in [0.1, 0.15) is 0 Å². The van der Waals surface area contributed by atoms with Crippen LogP contribution in [0.15, 0.2) is 0 Å². The van der Waals surface area contributed by atoms with Crippen LogP contribution in [0.3, 0.4) is 0 Å². The van der Waals surface area contributed by atoms with Crippen molar-refractivity contribution >= 4 is 0 Å². The predicted molar refractivity (Wildman–Crippen MR) is 74.8 cm³/mol. The molecule has 8 nitrogen and oxygen atoms in total. The summed E-state index contributed by atoms with van der Waals surface area (Å²) in [5.41, 5.74) is 8.18. The van der Waals surface area contributed by atoms with Crippen molar-refractivity contribution in [1.29, 1.82) is 0 Å². The quantitative estimate of drug-likeness (QED) is 0.178. The van der Waals surface area contributed by atoms with E-state index in [0.29, 0.717) is 0 Å². The van der Waals surface area contributed by atoms with Gasteiger partial charge in [0.2, 0.25) is 0 Å². The molecule has 0 spiro atoms. The molecule has 0 heterocycles. The smallest absolute Gasteiger partial charge is 0.0733 e. The average Bonchev–Trinajstić information content (AvgIpc) is 2.46. The topological polar surface area (TPSA) is 118 Å². The lowest BCUT2D eigenvalue weighted by Gasteiger charge is -2.21. The van der Waals surface area contributed by atoms with Crippen LogP contribution in [0.5, 0.6) is 0 Å². The minimum atomic E-state index is 0.749. The van der Waals surface area contributed by atoms with Gasteiger partial charge in [-0.1, -0.05) is 13.3 Å². The van der Waals surface area contributed by atoms with Crippen LogP contribution in [-0.2, 0) is 9.88 Å². The lowest BCUT2D eigenvalue weighted by molar-refractivity contribution is -0.353. The van der Waals surface area contributed by atoms with Gasteiger partial charge < -0.3 is 16.3 Å². The number of nitrogens with two attached hydrogens (primary N) is 2. The number of unbranched alkanes of at least 4 members (excludes halogenated alkanes) is 1. The minimum absolute atomic E-state index is 0.749. The maximum Gasteiger partial charge on any atom is 0.0733 e. The molecule has 0 aromatic carbocycles. The molecule has 0 saturated heterocycles. The Kier molecular flexibility index (Phi) is 22.1. The third-order valence-electron chi connectivity index (χ3n) is 2.37. The monoisotopic (exact) mass is 281 g/mol. The Balaban J connectivity index is 0. The van der Waals surface area contributed by atoms with E-state index in [1.54, 1.807) is 0 Å². The first-order chi connectivity index (χ1) is 9.35. The summed E-state index contributed by atoms with van der Waals surface area (Å²) in [6.07, 6.45) is 4.40. The molecule has 0 unspecified atom stereocenters. The van der Waals surface area contributed by atoms with E-state index in [-0.39, 0.29) is 0 Å². The Hall–Kier alpha value is -0.320. The van der Waals surface area contributed by atoms with E-state index in [1.165, 1.54) is 13.5 Å². The molecule has 0 aliphatic heterocycles. The zero-order valence-electron chi connectivity index (χ0n) is 12.2. The molecule has 0 radical (unpaired) electrons. The van der Waals surface area contributed by atoms with Crippen LogP contribution in [0.2, 0.25) is 0 Å². The van der Waals surface area contributed by atoms with Gasteiger partial charge >= 0.3 is 0 Å².